The number of hydrogen-bond acceptors (Lipinski definition) is 5. The van der Waals surface area contributed by atoms with Crippen molar-refractivity contribution in [2.45, 2.75) is 32.3 Å². The minimum Gasteiger partial charge on any atom is -0.507 e. The summed E-state index contributed by atoms with van der Waals surface area (Å²) in [5.41, 5.74) is 1.36. The van der Waals surface area contributed by atoms with Crippen LogP contribution in [0.5, 0.6) is 5.75 Å². The Kier molecular flexibility index (Phi) is 3.98. The maximum absolute atomic E-state index is 9.97. The number of phenols is 1. The Labute approximate surface area is 130 Å². The molecule has 1 saturated heterocycles. The first-order chi connectivity index (χ1) is 10.6. The number of aryl methyl sites for hydroxylation is 1. The normalized spacial score (nSPS) is 21.0. The summed E-state index contributed by atoms with van der Waals surface area (Å²) in [6, 6.07) is 9.01. The summed E-state index contributed by atoms with van der Waals surface area (Å²) in [6.07, 6.45) is 2.15. The molecule has 1 fully saturated rings. The van der Waals surface area contributed by atoms with Crippen LogP contribution in [-0.2, 0) is 4.74 Å². The van der Waals surface area contributed by atoms with E-state index in [1.54, 1.807) is 12.1 Å². The van der Waals surface area contributed by atoms with Crippen LogP contribution in [0.2, 0.25) is 0 Å². The van der Waals surface area contributed by atoms with Gasteiger partial charge in [0, 0.05) is 24.9 Å². The van der Waals surface area contributed by atoms with E-state index in [1.807, 2.05) is 25.1 Å². The molecule has 116 valence electrons. The monoisotopic (exact) mass is 299 g/mol. The van der Waals surface area contributed by atoms with Crippen molar-refractivity contribution in [2.24, 2.45) is 0 Å². The molecule has 0 bridgehead atoms. The Hall–Kier alpha value is -2.14. The molecule has 22 heavy (non-hydrogen) atoms. The van der Waals surface area contributed by atoms with Crippen molar-refractivity contribution < 1.29 is 9.84 Å². The van der Waals surface area contributed by atoms with E-state index >= 15 is 0 Å². The number of aromatic nitrogens is 2. The van der Waals surface area contributed by atoms with Crippen LogP contribution in [0.3, 0.4) is 0 Å². The second kappa shape index (κ2) is 5.93. The molecule has 2 aromatic rings. The van der Waals surface area contributed by atoms with Gasteiger partial charge < -0.3 is 15.2 Å². The molecule has 1 atom stereocenters. The van der Waals surface area contributed by atoms with Crippen molar-refractivity contribution in [2.75, 3.05) is 18.5 Å². The lowest BCUT2D eigenvalue weighted by Crippen LogP contribution is -2.32. The zero-order valence-corrected chi connectivity index (χ0v) is 13.0. The number of benzene rings is 1. The van der Waals surface area contributed by atoms with Crippen LogP contribution < -0.4 is 5.32 Å². The van der Waals surface area contributed by atoms with Crippen molar-refractivity contribution >= 4 is 5.82 Å². The molecular formula is C17H21N3O2. The first-order valence-corrected chi connectivity index (χ1v) is 7.58. The Balaban J connectivity index is 1.82. The predicted molar refractivity (Wildman–Crippen MR) is 86.0 cm³/mol. The van der Waals surface area contributed by atoms with E-state index in [0.717, 1.165) is 31.0 Å². The number of nitrogens with zero attached hydrogens (tertiary/aromatic N) is 2. The van der Waals surface area contributed by atoms with E-state index in [9.17, 15) is 5.11 Å². The van der Waals surface area contributed by atoms with Gasteiger partial charge in [-0.25, -0.2) is 9.97 Å². The minimum atomic E-state index is -0.131. The molecule has 2 N–H and O–H groups in total. The van der Waals surface area contributed by atoms with Crippen molar-refractivity contribution in [3.05, 3.63) is 36.0 Å². The summed E-state index contributed by atoms with van der Waals surface area (Å²) >= 11 is 0. The maximum atomic E-state index is 9.97. The van der Waals surface area contributed by atoms with Gasteiger partial charge in [0.15, 0.2) is 5.82 Å². The van der Waals surface area contributed by atoms with E-state index in [1.165, 1.54) is 0 Å². The van der Waals surface area contributed by atoms with Crippen molar-refractivity contribution in [1.82, 2.24) is 9.97 Å². The highest BCUT2D eigenvalue weighted by atomic mass is 16.5. The Morgan fingerprint density at radius 2 is 2.14 bits per heavy atom. The highest BCUT2D eigenvalue weighted by molar-refractivity contribution is 5.64. The largest absolute Gasteiger partial charge is 0.507 e. The van der Waals surface area contributed by atoms with Crippen molar-refractivity contribution in [1.29, 1.82) is 0 Å². The molecule has 0 saturated carbocycles. The van der Waals surface area contributed by atoms with Gasteiger partial charge in [-0.3, -0.25) is 0 Å². The van der Waals surface area contributed by atoms with Crippen LogP contribution in [0.25, 0.3) is 11.4 Å². The Morgan fingerprint density at radius 1 is 1.32 bits per heavy atom. The fourth-order valence-corrected chi connectivity index (χ4v) is 2.70. The molecule has 0 aliphatic carbocycles. The third kappa shape index (κ3) is 3.20. The van der Waals surface area contributed by atoms with E-state index < -0.39 is 0 Å². The van der Waals surface area contributed by atoms with Gasteiger partial charge in [-0.15, -0.1) is 0 Å². The second-order valence-corrected chi connectivity index (χ2v) is 5.99. The molecule has 0 unspecified atom stereocenters. The molecular weight excluding hydrogens is 278 g/mol. The van der Waals surface area contributed by atoms with Gasteiger partial charge in [-0.2, -0.15) is 0 Å². The van der Waals surface area contributed by atoms with Crippen molar-refractivity contribution in [3.63, 3.8) is 0 Å². The fraction of sp³-hybridized carbons (Fsp3) is 0.412. The molecule has 5 nitrogen and oxygen atoms in total. The zero-order chi connectivity index (χ0) is 15.6. The average molecular weight is 299 g/mol. The standard InChI is InChI=1S/C17H21N3O2/c1-12-10-15(18-11-17(2)8-5-9-22-17)20-16(19-12)13-6-3-4-7-14(13)21/h3-4,6-7,10,21H,5,8-9,11H2,1-2H3,(H,18,19,20)/t17-/m1/s1. The average Bonchev–Trinajstić information content (AvgIpc) is 2.92. The van der Waals surface area contributed by atoms with Gasteiger partial charge in [0.25, 0.3) is 0 Å². The number of aromatic hydroxyl groups is 1. The number of para-hydroxylation sites is 1. The van der Waals surface area contributed by atoms with Gasteiger partial charge in [-0.1, -0.05) is 12.1 Å². The van der Waals surface area contributed by atoms with Gasteiger partial charge in [0.2, 0.25) is 0 Å². The number of anilines is 1. The first kappa shape index (κ1) is 14.8. The van der Waals surface area contributed by atoms with Crippen LogP contribution in [0, 0.1) is 6.92 Å². The summed E-state index contributed by atoms with van der Waals surface area (Å²) in [4.78, 5) is 8.94. The molecule has 0 radical (unpaired) electrons. The SMILES string of the molecule is Cc1cc(NC[C@@]2(C)CCCO2)nc(-c2ccccc2O)n1. The lowest BCUT2D eigenvalue weighted by atomic mass is 10.0. The Bertz CT molecular complexity index is 667. The lowest BCUT2D eigenvalue weighted by molar-refractivity contribution is 0.0315. The molecule has 1 aliphatic heterocycles. The quantitative estimate of drug-likeness (QED) is 0.908. The molecule has 1 aromatic heterocycles. The number of phenolic OH excluding ortho intramolecular Hbond substituents is 1. The molecule has 1 aromatic carbocycles. The molecule has 2 heterocycles. The molecule has 0 spiro atoms. The van der Waals surface area contributed by atoms with Crippen LogP contribution in [-0.4, -0.2) is 33.8 Å². The van der Waals surface area contributed by atoms with Gasteiger partial charge >= 0.3 is 0 Å². The first-order valence-electron chi connectivity index (χ1n) is 7.58. The van der Waals surface area contributed by atoms with E-state index in [2.05, 4.69) is 22.2 Å². The molecule has 3 rings (SSSR count). The van der Waals surface area contributed by atoms with Crippen LogP contribution in [0.4, 0.5) is 5.82 Å². The summed E-state index contributed by atoms with van der Waals surface area (Å²) in [5.74, 6) is 1.46. The number of ether oxygens (including phenoxy) is 1. The highest BCUT2D eigenvalue weighted by Crippen LogP contribution is 2.28. The fourth-order valence-electron chi connectivity index (χ4n) is 2.70. The van der Waals surface area contributed by atoms with Crippen LogP contribution in [0.1, 0.15) is 25.5 Å². The maximum Gasteiger partial charge on any atom is 0.165 e. The van der Waals surface area contributed by atoms with Crippen LogP contribution >= 0.6 is 0 Å². The minimum absolute atomic E-state index is 0.131. The molecule has 1 aliphatic rings. The Morgan fingerprint density at radius 3 is 2.86 bits per heavy atom. The second-order valence-electron chi connectivity index (χ2n) is 5.99. The van der Waals surface area contributed by atoms with E-state index in [0.29, 0.717) is 17.9 Å². The number of rotatable bonds is 4. The third-order valence-corrected chi connectivity index (χ3v) is 3.94. The van der Waals surface area contributed by atoms with Gasteiger partial charge in [0.1, 0.15) is 11.6 Å². The topological polar surface area (TPSA) is 67.3 Å². The summed E-state index contributed by atoms with van der Waals surface area (Å²) in [6.45, 7) is 5.57. The molecule has 0 amide bonds. The van der Waals surface area contributed by atoms with E-state index in [-0.39, 0.29) is 11.4 Å². The predicted octanol–water partition coefficient (Wildman–Crippen LogP) is 3.14. The number of nitrogens with one attached hydrogen (secondary N) is 1. The summed E-state index contributed by atoms with van der Waals surface area (Å²) < 4.78 is 5.78. The van der Waals surface area contributed by atoms with Gasteiger partial charge in [-0.05, 0) is 38.8 Å². The number of hydrogen-bond donors (Lipinski definition) is 2. The third-order valence-electron chi connectivity index (χ3n) is 3.94. The smallest absolute Gasteiger partial charge is 0.165 e. The summed E-state index contributed by atoms with van der Waals surface area (Å²) in [7, 11) is 0. The zero-order valence-electron chi connectivity index (χ0n) is 13.0. The van der Waals surface area contributed by atoms with E-state index in [4.69, 9.17) is 4.74 Å². The highest BCUT2D eigenvalue weighted by Gasteiger charge is 2.29. The van der Waals surface area contributed by atoms with Gasteiger partial charge in [0.05, 0.1) is 11.2 Å². The van der Waals surface area contributed by atoms with Crippen LogP contribution in [0.15, 0.2) is 30.3 Å². The summed E-state index contributed by atoms with van der Waals surface area (Å²) in [5, 5.41) is 13.3. The molecule has 5 heteroatoms. The lowest BCUT2D eigenvalue weighted by Gasteiger charge is -2.23. The van der Waals surface area contributed by atoms with Crippen molar-refractivity contribution in [3.8, 4) is 17.1 Å².